The smallest absolute Gasteiger partial charge is 0.341 e. The number of nitrogens with one attached hydrogen (secondary N) is 1. The van der Waals surface area contributed by atoms with Crippen molar-refractivity contribution in [3.8, 4) is 5.75 Å². The fraction of sp³-hybridized carbons (Fsp3) is 0.476. The molecular weight excluding hydrogens is 376 g/mol. The van der Waals surface area contributed by atoms with Crippen molar-refractivity contribution >= 4 is 23.7 Å². The van der Waals surface area contributed by atoms with E-state index in [1.807, 2.05) is 19.9 Å². The SMILES string of the molecule is COC(=O)CCC(C)=CCc1c(NC(=O)N(C)C)c2c(c(C)c1OC)COC2=O. The average Bonchev–Trinajstić information content (AvgIpc) is 3.08. The lowest BCUT2D eigenvalue weighted by atomic mass is 9.93. The second kappa shape index (κ2) is 9.45. The van der Waals surface area contributed by atoms with E-state index >= 15 is 0 Å². The molecule has 0 spiro atoms. The van der Waals surface area contributed by atoms with E-state index in [4.69, 9.17) is 9.47 Å². The Morgan fingerprint density at radius 1 is 1.24 bits per heavy atom. The summed E-state index contributed by atoms with van der Waals surface area (Å²) >= 11 is 0. The molecule has 8 nitrogen and oxygen atoms in total. The van der Waals surface area contributed by atoms with Crippen molar-refractivity contribution in [2.45, 2.75) is 39.7 Å². The topological polar surface area (TPSA) is 94.2 Å². The fourth-order valence-electron chi connectivity index (χ4n) is 3.19. The lowest BCUT2D eigenvalue weighted by molar-refractivity contribution is -0.140. The molecule has 0 aromatic heterocycles. The highest BCUT2D eigenvalue weighted by molar-refractivity contribution is 6.05. The maximum atomic E-state index is 12.4. The number of fused-ring (bicyclic) bond motifs is 1. The second-order valence-corrected chi connectivity index (χ2v) is 7.10. The van der Waals surface area contributed by atoms with Gasteiger partial charge >= 0.3 is 18.0 Å². The van der Waals surface area contributed by atoms with Crippen molar-refractivity contribution < 1.29 is 28.6 Å². The van der Waals surface area contributed by atoms with Crippen molar-refractivity contribution in [3.05, 3.63) is 33.9 Å². The van der Waals surface area contributed by atoms with Crippen molar-refractivity contribution in [2.24, 2.45) is 0 Å². The van der Waals surface area contributed by atoms with E-state index < -0.39 is 5.97 Å². The molecule has 158 valence electrons. The van der Waals surface area contributed by atoms with Gasteiger partial charge in [-0.15, -0.1) is 0 Å². The molecule has 1 aliphatic rings. The molecule has 0 unspecified atom stereocenters. The zero-order valence-electron chi connectivity index (χ0n) is 17.8. The van der Waals surface area contributed by atoms with Gasteiger partial charge < -0.3 is 24.4 Å². The number of amides is 2. The summed E-state index contributed by atoms with van der Waals surface area (Å²) in [5.74, 6) is -0.133. The van der Waals surface area contributed by atoms with E-state index in [0.29, 0.717) is 35.4 Å². The van der Waals surface area contributed by atoms with Gasteiger partial charge in [0, 0.05) is 31.6 Å². The lowest BCUT2D eigenvalue weighted by Gasteiger charge is -2.21. The van der Waals surface area contributed by atoms with Gasteiger partial charge in [-0.3, -0.25) is 4.79 Å². The molecule has 29 heavy (non-hydrogen) atoms. The predicted molar refractivity (Wildman–Crippen MR) is 108 cm³/mol. The Bertz CT molecular complexity index is 857. The molecule has 1 heterocycles. The fourth-order valence-corrected chi connectivity index (χ4v) is 3.19. The van der Waals surface area contributed by atoms with Crippen molar-refractivity contribution in [1.82, 2.24) is 4.90 Å². The van der Waals surface area contributed by atoms with Crippen LogP contribution in [0.1, 0.15) is 46.8 Å². The van der Waals surface area contributed by atoms with Gasteiger partial charge in [-0.1, -0.05) is 11.6 Å². The van der Waals surface area contributed by atoms with E-state index in [2.05, 4.69) is 10.1 Å². The van der Waals surface area contributed by atoms with Crippen molar-refractivity contribution in [3.63, 3.8) is 0 Å². The quantitative estimate of drug-likeness (QED) is 0.554. The number of esters is 2. The highest BCUT2D eigenvalue weighted by atomic mass is 16.5. The first-order chi connectivity index (χ1) is 13.7. The average molecular weight is 404 g/mol. The number of hydrogen-bond donors (Lipinski definition) is 1. The Hall–Kier alpha value is -3.03. The summed E-state index contributed by atoms with van der Waals surface area (Å²) < 4.78 is 15.5. The number of benzene rings is 1. The number of anilines is 1. The highest BCUT2D eigenvalue weighted by Gasteiger charge is 2.32. The Balaban J connectivity index is 2.49. The van der Waals surface area contributed by atoms with E-state index in [-0.39, 0.29) is 25.0 Å². The minimum absolute atomic E-state index is 0.148. The maximum Gasteiger partial charge on any atom is 0.341 e. The molecule has 8 heteroatoms. The first-order valence-electron chi connectivity index (χ1n) is 9.31. The lowest BCUT2D eigenvalue weighted by Crippen LogP contribution is -2.29. The highest BCUT2D eigenvalue weighted by Crippen LogP contribution is 2.41. The molecule has 1 aromatic rings. The largest absolute Gasteiger partial charge is 0.496 e. The van der Waals surface area contributed by atoms with Gasteiger partial charge in [-0.2, -0.15) is 0 Å². The zero-order valence-corrected chi connectivity index (χ0v) is 17.8. The number of ether oxygens (including phenoxy) is 3. The first-order valence-corrected chi connectivity index (χ1v) is 9.31. The molecule has 2 amide bonds. The van der Waals surface area contributed by atoms with Gasteiger partial charge in [0.1, 0.15) is 12.4 Å². The summed E-state index contributed by atoms with van der Waals surface area (Å²) in [6.07, 6.45) is 3.22. The van der Waals surface area contributed by atoms with Crippen LogP contribution in [-0.2, 0) is 27.3 Å². The van der Waals surface area contributed by atoms with Crippen LogP contribution < -0.4 is 10.1 Å². The van der Waals surface area contributed by atoms with E-state index in [1.54, 1.807) is 21.2 Å². The van der Waals surface area contributed by atoms with Gasteiger partial charge in [0.15, 0.2) is 0 Å². The van der Waals surface area contributed by atoms with Crippen LogP contribution in [0.5, 0.6) is 5.75 Å². The number of nitrogens with zero attached hydrogens (tertiary/aromatic N) is 1. The number of methoxy groups -OCH3 is 2. The molecule has 0 atom stereocenters. The Kier molecular flexibility index (Phi) is 7.25. The molecule has 1 aromatic carbocycles. The zero-order chi connectivity index (χ0) is 21.7. The summed E-state index contributed by atoms with van der Waals surface area (Å²) in [6, 6.07) is -0.356. The van der Waals surface area contributed by atoms with Gasteiger partial charge in [-0.25, -0.2) is 9.59 Å². The number of rotatable bonds is 7. The molecule has 1 N–H and O–H groups in total. The van der Waals surface area contributed by atoms with E-state index in [0.717, 1.165) is 16.7 Å². The van der Waals surface area contributed by atoms with Gasteiger partial charge in [0.05, 0.1) is 25.5 Å². The van der Waals surface area contributed by atoms with Crippen LogP contribution in [0.25, 0.3) is 0 Å². The van der Waals surface area contributed by atoms with Gasteiger partial charge in [-0.05, 0) is 32.3 Å². The van der Waals surface area contributed by atoms with E-state index in [1.165, 1.54) is 12.0 Å². The van der Waals surface area contributed by atoms with Crippen LogP contribution in [0.15, 0.2) is 11.6 Å². The number of cyclic esters (lactones) is 1. The van der Waals surface area contributed by atoms with Crippen molar-refractivity contribution in [2.75, 3.05) is 33.6 Å². The number of carbonyl (C=O) groups excluding carboxylic acids is 3. The Morgan fingerprint density at radius 2 is 1.93 bits per heavy atom. The monoisotopic (exact) mass is 404 g/mol. The molecule has 0 aliphatic carbocycles. The maximum absolute atomic E-state index is 12.4. The number of carbonyl (C=O) groups is 3. The summed E-state index contributed by atoms with van der Waals surface area (Å²) in [5.41, 5.74) is 3.98. The number of hydrogen-bond acceptors (Lipinski definition) is 6. The van der Waals surface area contributed by atoms with Crippen LogP contribution in [0.2, 0.25) is 0 Å². The molecule has 0 fully saturated rings. The normalized spacial score (nSPS) is 12.9. The molecular formula is C21H28N2O6. The standard InChI is InChI=1S/C21H28N2O6/c1-12(8-10-16(24)27-5)7-9-14-18(22-21(26)23(3)4)17-15(11-29-20(17)25)13(2)19(14)28-6/h7H,8-11H2,1-6H3,(H,22,26). The van der Waals surface area contributed by atoms with Crippen molar-refractivity contribution in [1.29, 1.82) is 0 Å². The Morgan fingerprint density at radius 3 is 2.52 bits per heavy atom. The molecule has 1 aliphatic heterocycles. The molecule has 0 radical (unpaired) electrons. The third-order valence-corrected chi connectivity index (χ3v) is 4.92. The summed E-state index contributed by atoms with van der Waals surface area (Å²) in [6.45, 7) is 3.94. The molecule has 2 rings (SSSR count). The number of urea groups is 1. The molecule has 0 saturated carbocycles. The Labute approximate surface area is 170 Å². The summed E-state index contributed by atoms with van der Waals surface area (Å²) in [4.78, 5) is 37.5. The van der Waals surface area contributed by atoms with Gasteiger partial charge in [0.25, 0.3) is 0 Å². The summed E-state index contributed by atoms with van der Waals surface area (Å²) in [7, 11) is 6.16. The molecule has 0 bridgehead atoms. The predicted octanol–water partition coefficient (Wildman–Crippen LogP) is 3.21. The number of allylic oxidation sites excluding steroid dienone is 2. The minimum atomic E-state index is -0.465. The van der Waals surface area contributed by atoms with Crippen LogP contribution in [0.3, 0.4) is 0 Å². The second-order valence-electron chi connectivity index (χ2n) is 7.10. The third kappa shape index (κ3) is 4.88. The van der Waals surface area contributed by atoms with Crippen LogP contribution >= 0.6 is 0 Å². The minimum Gasteiger partial charge on any atom is -0.496 e. The van der Waals surface area contributed by atoms with Gasteiger partial charge in [0.2, 0.25) is 0 Å². The van der Waals surface area contributed by atoms with Crippen LogP contribution in [0, 0.1) is 6.92 Å². The van der Waals surface area contributed by atoms with E-state index in [9.17, 15) is 14.4 Å². The van der Waals surface area contributed by atoms with Crippen LogP contribution in [-0.4, -0.2) is 51.2 Å². The summed E-state index contributed by atoms with van der Waals surface area (Å²) in [5, 5.41) is 2.83. The van der Waals surface area contributed by atoms with Crippen LogP contribution in [0.4, 0.5) is 10.5 Å². The first kappa shape index (κ1) is 22.3. The third-order valence-electron chi connectivity index (χ3n) is 4.92. The molecule has 0 saturated heterocycles.